The summed E-state index contributed by atoms with van der Waals surface area (Å²) in [5, 5.41) is 0. The fourth-order valence-corrected chi connectivity index (χ4v) is 1.63. The third-order valence-electron chi connectivity index (χ3n) is 1.66. The highest BCUT2D eigenvalue weighted by Gasteiger charge is 2.10. The van der Waals surface area contributed by atoms with E-state index >= 15 is 0 Å². The molecule has 0 heterocycles. The Morgan fingerprint density at radius 2 is 1.81 bits per heavy atom. The molecule has 0 N–H and O–H groups in total. The minimum Gasteiger partial charge on any atom is -0.423 e. The smallest absolute Gasteiger partial charge is 0.338 e. The van der Waals surface area contributed by atoms with Gasteiger partial charge in [-0.3, -0.25) is 0 Å². The van der Waals surface area contributed by atoms with Crippen molar-refractivity contribution in [3.63, 3.8) is 0 Å². The molecule has 1 aromatic carbocycles. The molecule has 16 heavy (non-hydrogen) atoms. The molecule has 4 nitrogen and oxygen atoms in total. The van der Waals surface area contributed by atoms with Crippen LogP contribution in [0.4, 0.5) is 0 Å². The maximum Gasteiger partial charge on any atom is 0.338 e. The highest BCUT2D eigenvalue weighted by atomic mass is 35.7. The molecular formula is C10H9ClO4S. The van der Waals surface area contributed by atoms with Crippen LogP contribution in [0.25, 0.3) is 0 Å². The molecule has 0 saturated heterocycles. The van der Waals surface area contributed by atoms with E-state index in [0.29, 0.717) is 0 Å². The number of hydrogen-bond donors (Lipinski definition) is 0. The summed E-state index contributed by atoms with van der Waals surface area (Å²) in [5.41, 5.74) is 0.258. The van der Waals surface area contributed by atoms with Crippen molar-refractivity contribution in [1.29, 1.82) is 0 Å². The van der Waals surface area contributed by atoms with Crippen molar-refractivity contribution in [2.45, 2.75) is 11.8 Å². The van der Waals surface area contributed by atoms with Crippen molar-refractivity contribution in [2.75, 3.05) is 0 Å². The fraction of sp³-hybridized carbons (Fsp3) is 0.100. The zero-order valence-corrected chi connectivity index (χ0v) is 10.0. The minimum absolute atomic E-state index is 0.0516. The largest absolute Gasteiger partial charge is 0.423 e. The molecule has 0 aromatic heterocycles. The fourth-order valence-electron chi connectivity index (χ4n) is 0.864. The first-order valence-corrected chi connectivity index (χ1v) is 6.54. The maximum atomic E-state index is 11.1. The van der Waals surface area contributed by atoms with Gasteiger partial charge in [0, 0.05) is 16.3 Å². The highest BCUT2D eigenvalue weighted by Crippen LogP contribution is 2.19. The van der Waals surface area contributed by atoms with E-state index in [2.05, 4.69) is 6.58 Å². The molecule has 1 rings (SSSR count). The second-order valence-electron chi connectivity index (χ2n) is 3.08. The van der Waals surface area contributed by atoms with Crippen molar-refractivity contribution < 1.29 is 17.9 Å². The molecular weight excluding hydrogens is 252 g/mol. The quantitative estimate of drug-likeness (QED) is 0.361. The summed E-state index contributed by atoms with van der Waals surface area (Å²) in [6, 6.07) is 5.19. The van der Waals surface area contributed by atoms with Crippen LogP contribution in [-0.4, -0.2) is 14.4 Å². The monoisotopic (exact) mass is 260 g/mol. The van der Waals surface area contributed by atoms with Crippen LogP contribution in [0.15, 0.2) is 41.3 Å². The van der Waals surface area contributed by atoms with Gasteiger partial charge in [-0.15, -0.1) is 0 Å². The predicted molar refractivity (Wildman–Crippen MR) is 59.9 cm³/mol. The van der Waals surface area contributed by atoms with Crippen molar-refractivity contribution in [3.8, 4) is 5.75 Å². The van der Waals surface area contributed by atoms with E-state index in [1.54, 1.807) is 0 Å². The zero-order valence-electron chi connectivity index (χ0n) is 8.44. The topological polar surface area (TPSA) is 60.4 Å². The van der Waals surface area contributed by atoms with Crippen molar-refractivity contribution in [3.05, 3.63) is 36.4 Å². The number of esters is 1. The summed E-state index contributed by atoms with van der Waals surface area (Å²) in [6.07, 6.45) is 0. The number of benzene rings is 1. The van der Waals surface area contributed by atoms with Gasteiger partial charge in [0.15, 0.2) is 0 Å². The average molecular weight is 261 g/mol. The van der Waals surface area contributed by atoms with Gasteiger partial charge in [0.05, 0.1) is 4.90 Å². The number of ether oxygens (including phenoxy) is 1. The van der Waals surface area contributed by atoms with Crippen LogP contribution in [0.5, 0.6) is 5.75 Å². The van der Waals surface area contributed by atoms with E-state index < -0.39 is 15.0 Å². The molecule has 0 aliphatic rings. The van der Waals surface area contributed by atoms with Crippen LogP contribution in [0.1, 0.15) is 6.92 Å². The van der Waals surface area contributed by atoms with E-state index in [9.17, 15) is 13.2 Å². The van der Waals surface area contributed by atoms with Crippen LogP contribution < -0.4 is 4.74 Å². The van der Waals surface area contributed by atoms with Crippen molar-refractivity contribution in [2.24, 2.45) is 0 Å². The second kappa shape index (κ2) is 4.67. The number of rotatable bonds is 3. The lowest BCUT2D eigenvalue weighted by molar-refractivity contribution is -0.130. The van der Waals surface area contributed by atoms with Crippen LogP contribution >= 0.6 is 10.7 Å². The Labute approximate surface area is 97.9 Å². The highest BCUT2D eigenvalue weighted by molar-refractivity contribution is 8.13. The van der Waals surface area contributed by atoms with E-state index in [-0.39, 0.29) is 16.2 Å². The molecule has 0 radical (unpaired) electrons. The second-order valence-corrected chi connectivity index (χ2v) is 5.65. The predicted octanol–water partition coefficient (Wildman–Crippen LogP) is 2.10. The first-order valence-electron chi connectivity index (χ1n) is 4.23. The molecule has 0 saturated carbocycles. The molecule has 0 amide bonds. The first kappa shape index (κ1) is 12.7. The van der Waals surface area contributed by atoms with Gasteiger partial charge in [-0.2, -0.15) is 0 Å². The van der Waals surface area contributed by atoms with E-state index in [0.717, 1.165) is 0 Å². The Hall–Kier alpha value is -1.33. The molecule has 1 aromatic rings. The van der Waals surface area contributed by atoms with Crippen LogP contribution in [0.3, 0.4) is 0 Å². The molecule has 0 spiro atoms. The van der Waals surface area contributed by atoms with Gasteiger partial charge in [0.2, 0.25) is 0 Å². The van der Waals surface area contributed by atoms with Crippen LogP contribution in [-0.2, 0) is 13.8 Å². The molecule has 0 atom stereocenters. The van der Waals surface area contributed by atoms with Gasteiger partial charge in [-0.05, 0) is 31.2 Å². The molecule has 0 unspecified atom stereocenters. The molecule has 0 bridgehead atoms. The van der Waals surface area contributed by atoms with E-state index in [1.807, 2.05) is 0 Å². The average Bonchev–Trinajstić information content (AvgIpc) is 2.17. The van der Waals surface area contributed by atoms with Crippen molar-refractivity contribution >= 4 is 25.7 Å². The summed E-state index contributed by atoms with van der Waals surface area (Å²) in [4.78, 5) is 11.1. The lowest BCUT2D eigenvalue weighted by Crippen LogP contribution is -2.08. The van der Waals surface area contributed by atoms with Crippen LogP contribution in [0, 0.1) is 0 Å². The van der Waals surface area contributed by atoms with Gasteiger partial charge in [0.25, 0.3) is 9.05 Å². The first-order chi connectivity index (χ1) is 7.30. The zero-order chi connectivity index (χ0) is 12.3. The standard InChI is InChI=1S/C10H9ClO4S/c1-7(2)10(12)15-8-3-5-9(6-4-8)16(11,13)14/h3-6H,1H2,2H3. The number of hydrogen-bond acceptors (Lipinski definition) is 4. The Kier molecular flexibility index (Phi) is 3.72. The number of carbonyl (C=O) groups is 1. The molecule has 0 fully saturated rings. The molecule has 0 aliphatic heterocycles. The number of carbonyl (C=O) groups excluding carboxylic acids is 1. The Balaban J connectivity index is 2.88. The minimum atomic E-state index is -3.75. The Morgan fingerprint density at radius 1 is 1.31 bits per heavy atom. The number of halogens is 1. The normalized spacial score (nSPS) is 10.9. The maximum absolute atomic E-state index is 11.1. The molecule has 0 aliphatic carbocycles. The molecule has 86 valence electrons. The van der Waals surface area contributed by atoms with Crippen LogP contribution in [0.2, 0.25) is 0 Å². The third kappa shape index (κ3) is 3.36. The van der Waals surface area contributed by atoms with E-state index in [4.69, 9.17) is 15.4 Å². The van der Waals surface area contributed by atoms with Gasteiger partial charge in [0.1, 0.15) is 5.75 Å². The summed E-state index contributed by atoms with van der Waals surface area (Å²) >= 11 is 0. The Bertz CT molecular complexity index is 516. The van der Waals surface area contributed by atoms with Crippen molar-refractivity contribution in [1.82, 2.24) is 0 Å². The SMILES string of the molecule is C=C(C)C(=O)Oc1ccc(S(=O)(=O)Cl)cc1. The third-order valence-corrected chi connectivity index (χ3v) is 3.03. The summed E-state index contributed by atoms with van der Waals surface area (Å²) < 4.78 is 26.7. The van der Waals surface area contributed by atoms with Gasteiger partial charge in [-0.25, -0.2) is 13.2 Å². The van der Waals surface area contributed by atoms with Gasteiger partial charge >= 0.3 is 5.97 Å². The lowest BCUT2D eigenvalue weighted by atomic mass is 10.3. The van der Waals surface area contributed by atoms with Gasteiger partial charge in [-0.1, -0.05) is 6.58 Å². The Morgan fingerprint density at radius 3 is 2.19 bits per heavy atom. The summed E-state index contributed by atoms with van der Waals surface area (Å²) in [5.74, 6) is -0.335. The summed E-state index contributed by atoms with van der Waals surface area (Å²) in [6.45, 7) is 4.93. The lowest BCUT2D eigenvalue weighted by Gasteiger charge is -2.03. The van der Waals surface area contributed by atoms with E-state index in [1.165, 1.54) is 31.2 Å². The molecule has 6 heteroatoms. The van der Waals surface area contributed by atoms with Gasteiger partial charge < -0.3 is 4.74 Å². The summed E-state index contributed by atoms with van der Waals surface area (Å²) in [7, 11) is 1.37.